The molecule has 1 fully saturated rings. The van der Waals surface area contributed by atoms with E-state index in [9.17, 15) is 0 Å². The van der Waals surface area contributed by atoms with Crippen molar-refractivity contribution < 1.29 is 5.11 Å². The third-order valence-electron chi connectivity index (χ3n) is 3.07. The molecule has 84 valence electrons. The van der Waals surface area contributed by atoms with E-state index in [0.29, 0.717) is 18.7 Å². The summed E-state index contributed by atoms with van der Waals surface area (Å²) in [5.41, 5.74) is 0. The standard InChI is InChI=1S/C12H19NOS/c1-9(12-3-2-8-15-12)13-11(6-7-14)10-4-5-10/h2-3,8-11,13-14H,4-7H2,1H3. The van der Waals surface area contributed by atoms with Crippen molar-refractivity contribution in [3.05, 3.63) is 22.4 Å². The molecule has 2 atom stereocenters. The van der Waals surface area contributed by atoms with Crippen molar-refractivity contribution in [1.29, 1.82) is 0 Å². The predicted octanol–water partition coefficient (Wildman–Crippen LogP) is 2.56. The Hall–Kier alpha value is -0.380. The minimum Gasteiger partial charge on any atom is -0.396 e. The maximum Gasteiger partial charge on any atom is 0.0445 e. The first-order valence-corrected chi connectivity index (χ1v) is 6.59. The molecule has 2 nitrogen and oxygen atoms in total. The summed E-state index contributed by atoms with van der Waals surface area (Å²) in [4.78, 5) is 1.39. The zero-order chi connectivity index (χ0) is 10.7. The molecule has 15 heavy (non-hydrogen) atoms. The lowest BCUT2D eigenvalue weighted by molar-refractivity contribution is 0.250. The lowest BCUT2D eigenvalue weighted by atomic mass is 10.1. The van der Waals surface area contributed by atoms with E-state index in [4.69, 9.17) is 5.11 Å². The van der Waals surface area contributed by atoms with Gasteiger partial charge < -0.3 is 10.4 Å². The second-order valence-corrected chi connectivity index (χ2v) is 5.34. The second-order valence-electron chi connectivity index (χ2n) is 4.36. The predicted molar refractivity (Wildman–Crippen MR) is 64.1 cm³/mol. The lowest BCUT2D eigenvalue weighted by Crippen LogP contribution is -2.33. The Morgan fingerprint density at radius 2 is 2.40 bits per heavy atom. The van der Waals surface area contributed by atoms with Crippen molar-refractivity contribution in [1.82, 2.24) is 5.32 Å². The Balaban J connectivity index is 1.88. The molecular weight excluding hydrogens is 206 g/mol. The highest BCUT2D eigenvalue weighted by Gasteiger charge is 2.31. The normalized spacial score (nSPS) is 20.1. The highest BCUT2D eigenvalue weighted by molar-refractivity contribution is 7.10. The van der Waals surface area contributed by atoms with Crippen LogP contribution in [-0.4, -0.2) is 17.8 Å². The number of rotatable bonds is 6. The van der Waals surface area contributed by atoms with Crippen LogP contribution in [0.25, 0.3) is 0 Å². The van der Waals surface area contributed by atoms with E-state index in [1.807, 2.05) is 0 Å². The summed E-state index contributed by atoms with van der Waals surface area (Å²) in [6.45, 7) is 2.50. The number of hydrogen-bond acceptors (Lipinski definition) is 3. The van der Waals surface area contributed by atoms with Crippen LogP contribution in [0.2, 0.25) is 0 Å². The summed E-state index contributed by atoms with van der Waals surface area (Å²) < 4.78 is 0. The van der Waals surface area contributed by atoms with Gasteiger partial charge in [-0.05, 0) is 43.6 Å². The zero-order valence-corrected chi connectivity index (χ0v) is 9.96. The summed E-state index contributed by atoms with van der Waals surface area (Å²) in [5.74, 6) is 0.805. The molecule has 2 rings (SSSR count). The molecule has 1 aliphatic rings. The van der Waals surface area contributed by atoms with Gasteiger partial charge in [0.2, 0.25) is 0 Å². The quantitative estimate of drug-likeness (QED) is 0.780. The Morgan fingerprint density at radius 1 is 1.60 bits per heavy atom. The molecule has 0 spiro atoms. The minimum atomic E-state index is 0.297. The van der Waals surface area contributed by atoms with Gasteiger partial charge in [0.05, 0.1) is 0 Å². The first-order valence-electron chi connectivity index (χ1n) is 5.71. The smallest absolute Gasteiger partial charge is 0.0445 e. The van der Waals surface area contributed by atoms with Crippen LogP contribution in [0.15, 0.2) is 17.5 Å². The topological polar surface area (TPSA) is 32.3 Å². The Morgan fingerprint density at radius 3 is 2.93 bits per heavy atom. The first-order chi connectivity index (χ1) is 7.31. The average Bonchev–Trinajstić information content (AvgIpc) is 2.92. The van der Waals surface area contributed by atoms with Crippen molar-refractivity contribution in [3.63, 3.8) is 0 Å². The zero-order valence-electron chi connectivity index (χ0n) is 9.15. The second kappa shape index (κ2) is 5.10. The largest absolute Gasteiger partial charge is 0.396 e. The fraction of sp³-hybridized carbons (Fsp3) is 0.667. The van der Waals surface area contributed by atoms with Crippen LogP contribution in [0.4, 0.5) is 0 Å². The number of aliphatic hydroxyl groups excluding tert-OH is 1. The van der Waals surface area contributed by atoms with Gasteiger partial charge >= 0.3 is 0 Å². The molecule has 0 aromatic carbocycles. The molecule has 0 saturated heterocycles. The van der Waals surface area contributed by atoms with Crippen LogP contribution in [-0.2, 0) is 0 Å². The van der Waals surface area contributed by atoms with Crippen molar-refractivity contribution in [2.24, 2.45) is 5.92 Å². The molecule has 2 N–H and O–H groups in total. The lowest BCUT2D eigenvalue weighted by Gasteiger charge is -2.21. The summed E-state index contributed by atoms with van der Waals surface area (Å²) in [5, 5.41) is 14.8. The molecule has 1 aliphatic carbocycles. The van der Waals surface area contributed by atoms with E-state index in [-0.39, 0.29) is 0 Å². The average molecular weight is 225 g/mol. The molecule has 0 aliphatic heterocycles. The SMILES string of the molecule is CC(NC(CCO)C1CC1)c1cccs1. The summed E-state index contributed by atoms with van der Waals surface area (Å²) in [7, 11) is 0. The molecule has 1 aromatic heterocycles. The van der Waals surface area contributed by atoms with E-state index in [2.05, 4.69) is 29.8 Å². The highest BCUT2D eigenvalue weighted by atomic mass is 32.1. The summed E-state index contributed by atoms with van der Waals surface area (Å²) in [6, 6.07) is 5.19. The van der Waals surface area contributed by atoms with Gasteiger partial charge in [-0.25, -0.2) is 0 Å². The van der Waals surface area contributed by atoms with Gasteiger partial charge in [0.1, 0.15) is 0 Å². The third-order valence-corrected chi connectivity index (χ3v) is 4.12. The van der Waals surface area contributed by atoms with Gasteiger partial charge in [0, 0.05) is 23.6 Å². The molecule has 1 saturated carbocycles. The van der Waals surface area contributed by atoms with E-state index in [0.717, 1.165) is 12.3 Å². The van der Waals surface area contributed by atoms with Gasteiger partial charge in [0.15, 0.2) is 0 Å². The van der Waals surface area contributed by atoms with Crippen LogP contribution in [0.5, 0.6) is 0 Å². The number of hydrogen-bond donors (Lipinski definition) is 2. The maximum atomic E-state index is 9.02. The van der Waals surface area contributed by atoms with Crippen LogP contribution in [0.3, 0.4) is 0 Å². The number of thiophene rings is 1. The Labute approximate surface area is 95.3 Å². The van der Waals surface area contributed by atoms with Gasteiger partial charge in [-0.3, -0.25) is 0 Å². The molecule has 0 amide bonds. The minimum absolute atomic E-state index is 0.297. The van der Waals surface area contributed by atoms with Gasteiger partial charge in [0.25, 0.3) is 0 Å². The third kappa shape index (κ3) is 3.03. The van der Waals surface area contributed by atoms with Gasteiger partial charge in [-0.15, -0.1) is 11.3 Å². The van der Waals surface area contributed by atoms with E-state index in [1.165, 1.54) is 17.7 Å². The Kier molecular flexibility index (Phi) is 3.78. The molecular formula is C12H19NOS. The van der Waals surface area contributed by atoms with Crippen molar-refractivity contribution in [2.75, 3.05) is 6.61 Å². The molecule has 1 heterocycles. The summed E-state index contributed by atoms with van der Waals surface area (Å²) in [6.07, 6.45) is 3.55. The molecule has 0 radical (unpaired) electrons. The fourth-order valence-corrected chi connectivity index (χ4v) is 2.78. The molecule has 1 aromatic rings. The van der Waals surface area contributed by atoms with Crippen molar-refractivity contribution >= 4 is 11.3 Å². The maximum absolute atomic E-state index is 9.02. The van der Waals surface area contributed by atoms with Gasteiger partial charge in [-0.2, -0.15) is 0 Å². The highest BCUT2D eigenvalue weighted by Crippen LogP contribution is 2.35. The van der Waals surface area contributed by atoms with E-state index < -0.39 is 0 Å². The van der Waals surface area contributed by atoms with Crippen molar-refractivity contribution in [2.45, 2.75) is 38.3 Å². The monoisotopic (exact) mass is 225 g/mol. The fourth-order valence-electron chi connectivity index (χ4n) is 2.03. The molecule has 3 heteroatoms. The van der Waals surface area contributed by atoms with Crippen LogP contribution >= 0.6 is 11.3 Å². The van der Waals surface area contributed by atoms with E-state index in [1.54, 1.807) is 11.3 Å². The Bertz CT molecular complexity index is 282. The molecule has 0 bridgehead atoms. The van der Waals surface area contributed by atoms with Crippen LogP contribution < -0.4 is 5.32 Å². The van der Waals surface area contributed by atoms with Crippen LogP contribution in [0.1, 0.15) is 37.1 Å². The first kappa shape index (κ1) is 11.1. The van der Waals surface area contributed by atoms with E-state index >= 15 is 0 Å². The number of nitrogens with one attached hydrogen (secondary N) is 1. The van der Waals surface area contributed by atoms with Crippen LogP contribution in [0, 0.1) is 5.92 Å². The summed E-state index contributed by atoms with van der Waals surface area (Å²) >= 11 is 1.80. The van der Waals surface area contributed by atoms with Gasteiger partial charge in [-0.1, -0.05) is 6.07 Å². The molecule has 2 unspecified atom stereocenters. The van der Waals surface area contributed by atoms with Crippen molar-refractivity contribution in [3.8, 4) is 0 Å². The number of aliphatic hydroxyl groups is 1.